The summed E-state index contributed by atoms with van der Waals surface area (Å²) in [6.07, 6.45) is 0.648. The van der Waals surface area contributed by atoms with Gasteiger partial charge in [0, 0.05) is 28.2 Å². The molecule has 1 N–H and O–H groups in total. The van der Waals surface area contributed by atoms with Crippen molar-refractivity contribution in [2.45, 2.75) is 16.6 Å². The molecule has 6 heteroatoms. The molecular weight excluding hydrogens is 398 g/mol. The van der Waals surface area contributed by atoms with E-state index < -0.39 is 0 Å². The molecule has 3 aromatic carbocycles. The highest BCUT2D eigenvalue weighted by Crippen LogP contribution is 2.47. The van der Waals surface area contributed by atoms with Crippen LogP contribution in [-0.2, 0) is 0 Å². The second-order valence-electron chi connectivity index (χ2n) is 6.83. The number of fused-ring (bicyclic) bond motifs is 1. The summed E-state index contributed by atoms with van der Waals surface area (Å²) in [5, 5.41) is 10.7. The van der Waals surface area contributed by atoms with Crippen LogP contribution >= 0.6 is 11.8 Å². The largest absolute Gasteiger partial charge is 0.507 e. The highest BCUT2D eigenvalue weighted by molar-refractivity contribution is 7.99. The van der Waals surface area contributed by atoms with Gasteiger partial charge in [-0.3, -0.25) is 4.99 Å². The monoisotopic (exact) mass is 421 g/mol. The highest BCUT2D eigenvalue weighted by Gasteiger charge is 2.25. The Morgan fingerprint density at radius 1 is 0.900 bits per heavy atom. The quantitative estimate of drug-likeness (QED) is 0.566. The smallest absolute Gasteiger partial charge is 0.161 e. The van der Waals surface area contributed by atoms with Crippen molar-refractivity contribution < 1.29 is 19.3 Å². The lowest BCUT2D eigenvalue weighted by Crippen LogP contribution is -2.06. The summed E-state index contributed by atoms with van der Waals surface area (Å²) < 4.78 is 16.1. The lowest BCUT2D eigenvalue weighted by molar-refractivity contribution is 0.354. The summed E-state index contributed by atoms with van der Waals surface area (Å²) in [5.74, 6) is 2.15. The summed E-state index contributed by atoms with van der Waals surface area (Å²) in [5.41, 5.74) is 3.54. The Balaban J connectivity index is 1.79. The first-order valence-corrected chi connectivity index (χ1v) is 10.4. The number of rotatable bonds is 5. The molecule has 154 valence electrons. The second kappa shape index (κ2) is 8.71. The Labute approximate surface area is 180 Å². The fraction of sp³-hybridized carbons (Fsp3) is 0.208. The number of phenolic OH excluding ortho intramolecular Hbond substituents is 1. The Bertz CT molecular complexity index is 1100. The zero-order valence-electron chi connectivity index (χ0n) is 17.1. The van der Waals surface area contributed by atoms with Crippen molar-refractivity contribution in [3.8, 4) is 23.0 Å². The molecule has 4 rings (SSSR count). The van der Waals surface area contributed by atoms with Gasteiger partial charge in [0.05, 0.1) is 32.7 Å². The zero-order chi connectivity index (χ0) is 21.1. The molecule has 30 heavy (non-hydrogen) atoms. The SMILES string of the molecule is COc1ccc(C2=Nc3ccccc3S[C@@H](c3ccc(OC)c(OC)c3)C2)c(O)c1. The molecule has 1 heterocycles. The van der Waals surface area contributed by atoms with E-state index in [-0.39, 0.29) is 11.0 Å². The first-order chi connectivity index (χ1) is 14.6. The van der Waals surface area contributed by atoms with Crippen LogP contribution < -0.4 is 14.2 Å². The number of hydrogen-bond acceptors (Lipinski definition) is 6. The summed E-state index contributed by atoms with van der Waals surface area (Å²) in [4.78, 5) is 6.01. The van der Waals surface area contributed by atoms with E-state index in [0.29, 0.717) is 29.2 Å². The molecular formula is C24H23NO4S. The van der Waals surface area contributed by atoms with E-state index in [2.05, 4.69) is 12.1 Å². The predicted molar refractivity (Wildman–Crippen MR) is 120 cm³/mol. The first kappa shape index (κ1) is 20.2. The van der Waals surface area contributed by atoms with Crippen LogP contribution in [0.5, 0.6) is 23.0 Å². The van der Waals surface area contributed by atoms with Gasteiger partial charge in [-0.1, -0.05) is 18.2 Å². The van der Waals surface area contributed by atoms with Crippen molar-refractivity contribution in [3.63, 3.8) is 0 Å². The summed E-state index contributed by atoms with van der Waals surface area (Å²) >= 11 is 1.76. The third-order valence-electron chi connectivity index (χ3n) is 5.06. The number of methoxy groups -OCH3 is 3. The molecule has 0 amide bonds. The number of phenols is 1. The average Bonchev–Trinajstić information content (AvgIpc) is 2.98. The van der Waals surface area contributed by atoms with Crippen LogP contribution in [0.3, 0.4) is 0 Å². The molecule has 0 spiro atoms. The Hall–Kier alpha value is -3.12. The molecule has 0 unspecified atom stereocenters. The van der Waals surface area contributed by atoms with Crippen molar-refractivity contribution in [2.75, 3.05) is 21.3 Å². The first-order valence-electron chi connectivity index (χ1n) is 9.55. The van der Waals surface area contributed by atoms with Crippen LogP contribution in [0.1, 0.15) is 22.8 Å². The number of aromatic hydroxyl groups is 1. The molecule has 1 aliphatic rings. The van der Waals surface area contributed by atoms with E-state index in [1.54, 1.807) is 39.2 Å². The molecule has 1 aliphatic heterocycles. The third kappa shape index (κ3) is 3.96. The van der Waals surface area contributed by atoms with Crippen LogP contribution in [0.2, 0.25) is 0 Å². The van der Waals surface area contributed by atoms with Gasteiger partial charge in [0.25, 0.3) is 0 Å². The molecule has 0 fully saturated rings. The van der Waals surface area contributed by atoms with Crippen molar-refractivity contribution in [2.24, 2.45) is 4.99 Å². The van der Waals surface area contributed by atoms with E-state index in [9.17, 15) is 5.11 Å². The minimum atomic E-state index is 0.0914. The van der Waals surface area contributed by atoms with Gasteiger partial charge in [0.15, 0.2) is 11.5 Å². The maximum Gasteiger partial charge on any atom is 0.161 e. The van der Waals surface area contributed by atoms with Gasteiger partial charge in [-0.25, -0.2) is 0 Å². The van der Waals surface area contributed by atoms with E-state index in [1.165, 1.54) is 0 Å². The van der Waals surface area contributed by atoms with Gasteiger partial charge in [-0.05, 0) is 42.0 Å². The number of hydrogen-bond donors (Lipinski definition) is 1. The summed E-state index contributed by atoms with van der Waals surface area (Å²) in [7, 11) is 4.85. The Morgan fingerprint density at radius 3 is 2.43 bits per heavy atom. The van der Waals surface area contributed by atoms with E-state index in [0.717, 1.165) is 21.9 Å². The molecule has 0 saturated heterocycles. The summed E-state index contributed by atoms with van der Waals surface area (Å²) in [6, 6.07) is 19.4. The van der Waals surface area contributed by atoms with Crippen LogP contribution in [-0.4, -0.2) is 32.1 Å². The molecule has 3 aromatic rings. The van der Waals surface area contributed by atoms with Crippen LogP contribution in [0.25, 0.3) is 0 Å². The minimum Gasteiger partial charge on any atom is -0.507 e. The predicted octanol–water partition coefficient (Wildman–Crippen LogP) is 5.78. The lowest BCUT2D eigenvalue weighted by Gasteiger charge is -2.18. The molecule has 0 bridgehead atoms. The molecule has 0 aliphatic carbocycles. The van der Waals surface area contributed by atoms with Gasteiger partial charge in [-0.15, -0.1) is 11.8 Å². The van der Waals surface area contributed by atoms with E-state index >= 15 is 0 Å². The standard InChI is InChI=1S/C24H23NO4S/c1-27-16-9-10-17(20(26)13-16)19-14-24(30-23-7-5-4-6-18(23)25-19)15-8-11-21(28-2)22(12-15)29-3/h4-13,24,26H,14H2,1-3H3/t24-/m1/s1. The van der Waals surface area contributed by atoms with E-state index in [4.69, 9.17) is 19.2 Å². The molecule has 0 saturated carbocycles. The average molecular weight is 422 g/mol. The summed E-state index contributed by atoms with van der Waals surface area (Å²) in [6.45, 7) is 0. The van der Waals surface area contributed by atoms with Gasteiger partial charge < -0.3 is 19.3 Å². The second-order valence-corrected chi connectivity index (χ2v) is 8.08. The minimum absolute atomic E-state index is 0.0914. The number of ether oxygens (including phenoxy) is 3. The molecule has 0 radical (unpaired) electrons. The number of thioether (sulfide) groups is 1. The third-order valence-corrected chi connectivity index (χ3v) is 6.39. The van der Waals surface area contributed by atoms with E-state index in [1.807, 2.05) is 42.5 Å². The van der Waals surface area contributed by atoms with Crippen LogP contribution in [0.15, 0.2) is 70.6 Å². The van der Waals surface area contributed by atoms with Crippen LogP contribution in [0.4, 0.5) is 5.69 Å². The lowest BCUT2D eigenvalue weighted by atomic mass is 10.00. The van der Waals surface area contributed by atoms with Gasteiger partial charge >= 0.3 is 0 Å². The number of benzene rings is 3. The fourth-order valence-electron chi connectivity index (χ4n) is 3.50. The topological polar surface area (TPSA) is 60.3 Å². The number of nitrogens with zero attached hydrogens (tertiary/aromatic N) is 1. The van der Waals surface area contributed by atoms with Crippen molar-refractivity contribution in [1.82, 2.24) is 0 Å². The normalized spacial score (nSPS) is 15.6. The molecule has 0 aromatic heterocycles. The van der Waals surface area contributed by atoms with Crippen LogP contribution in [0, 0.1) is 0 Å². The van der Waals surface area contributed by atoms with Crippen molar-refractivity contribution >= 4 is 23.2 Å². The number of aliphatic imine (C=N–C) groups is 1. The van der Waals surface area contributed by atoms with Crippen molar-refractivity contribution in [3.05, 3.63) is 71.8 Å². The molecule has 5 nitrogen and oxygen atoms in total. The zero-order valence-corrected chi connectivity index (χ0v) is 17.9. The maximum atomic E-state index is 10.6. The van der Waals surface area contributed by atoms with Gasteiger partial charge in [0.2, 0.25) is 0 Å². The number of para-hydroxylation sites is 1. The maximum absolute atomic E-state index is 10.6. The highest BCUT2D eigenvalue weighted by atomic mass is 32.2. The molecule has 1 atom stereocenters. The Kier molecular flexibility index (Phi) is 5.86. The van der Waals surface area contributed by atoms with Crippen molar-refractivity contribution in [1.29, 1.82) is 0 Å². The van der Waals surface area contributed by atoms with Gasteiger partial charge in [-0.2, -0.15) is 0 Å². The fourth-order valence-corrected chi connectivity index (χ4v) is 4.72. The Morgan fingerprint density at radius 2 is 1.70 bits per heavy atom. The van der Waals surface area contributed by atoms with Gasteiger partial charge in [0.1, 0.15) is 11.5 Å².